The minimum atomic E-state index is -0.424. The zero-order valence-electron chi connectivity index (χ0n) is 19.3. The molecule has 0 spiro atoms. The zero-order chi connectivity index (χ0) is 23.5. The van der Waals surface area contributed by atoms with Gasteiger partial charge in [-0.1, -0.05) is 0 Å². The van der Waals surface area contributed by atoms with E-state index in [1.807, 2.05) is 17.2 Å². The van der Waals surface area contributed by atoms with Gasteiger partial charge in [-0.3, -0.25) is 14.7 Å². The third kappa shape index (κ3) is 4.62. The van der Waals surface area contributed by atoms with E-state index >= 15 is 0 Å². The summed E-state index contributed by atoms with van der Waals surface area (Å²) in [7, 11) is 0. The number of nitro groups is 1. The molecule has 1 fully saturated rings. The fourth-order valence-electron chi connectivity index (χ4n) is 4.56. The second-order valence-corrected chi connectivity index (χ2v) is 8.65. The van der Waals surface area contributed by atoms with Crippen molar-refractivity contribution in [2.45, 2.75) is 45.7 Å². The first-order valence-corrected chi connectivity index (χ1v) is 11.4. The second kappa shape index (κ2) is 9.48. The largest absolute Gasteiger partial charge is 0.380 e. The predicted molar refractivity (Wildman–Crippen MR) is 130 cm³/mol. The molecule has 3 aromatic rings. The summed E-state index contributed by atoms with van der Waals surface area (Å²) in [5.74, 6) is 0.955. The molecule has 1 saturated heterocycles. The van der Waals surface area contributed by atoms with Gasteiger partial charge in [-0.05, 0) is 57.9 Å². The van der Waals surface area contributed by atoms with E-state index in [4.69, 9.17) is 0 Å². The Hall–Kier alpha value is -3.62. The minimum absolute atomic E-state index is 0.0222. The Balaban J connectivity index is 1.47. The number of pyridine rings is 1. The van der Waals surface area contributed by atoms with Crippen molar-refractivity contribution in [2.24, 2.45) is 0 Å². The lowest BCUT2D eigenvalue weighted by Gasteiger charge is -2.39. The molecule has 0 bridgehead atoms. The van der Waals surface area contributed by atoms with E-state index in [0.29, 0.717) is 36.1 Å². The number of fused-ring (bicyclic) bond motifs is 1. The van der Waals surface area contributed by atoms with Crippen molar-refractivity contribution in [3.63, 3.8) is 0 Å². The Morgan fingerprint density at radius 2 is 2.03 bits per heavy atom. The van der Waals surface area contributed by atoms with E-state index in [1.54, 1.807) is 22.9 Å². The number of rotatable bonds is 6. The number of piperidine rings is 1. The highest BCUT2D eigenvalue weighted by Gasteiger charge is 2.29. The molecule has 0 saturated carbocycles. The summed E-state index contributed by atoms with van der Waals surface area (Å²) in [6, 6.07) is 10.8. The Kier molecular flexibility index (Phi) is 6.48. The minimum Gasteiger partial charge on any atom is -0.380 e. The highest BCUT2D eigenvalue weighted by atomic mass is 16.6. The Morgan fingerprint density at radius 3 is 2.70 bits per heavy atom. The number of carbonyl (C=O) groups is 1. The van der Waals surface area contributed by atoms with Crippen LogP contribution in [-0.2, 0) is 0 Å². The Morgan fingerprint density at radius 1 is 1.27 bits per heavy atom. The zero-order valence-corrected chi connectivity index (χ0v) is 19.3. The van der Waals surface area contributed by atoms with E-state index in [9.17, 15) is 14.9 Å². The number of carbonyl (C=O) groups excluding carboxylic acids is 1. The summed E-state index contributed by atoms with van der Waals surface area (Å²) in [6.07, 6.45) is 5.21. The Labute approximate surface area is 193 Å². The van der Waals surface area contributed by atoms with Crippen LogP contribution in [0, 0.1) is 10.1 Å². The summed E-state index contributed by atoms with van der Waals surface area (Å²) in [5.41, 5.74) is 1.73. The molecule has 1 amide bonds. The molecular weight excluding hydrogens is 420 g/mol. The van der Waals surface area contributed by atoms with Gasteiger partial charge in [0.15, 0.2) is 5.82 Å². The van der Waals surface area contributed by atoms with Crippen LogP contribution in [0.25, 0.3) is 10.9 Å². The molecule has 0 aliphatic carbocycles. The number of nitrogens with one attached hydrogen (secondary N) is 1. The standard InChI is InChI=1S/C24H30N6O3/c1-4-28(23-21(26-17(2)3)6-5-12-25-23)19-10-13-27(14-11-19)24(31)29-15-9-18-16-20(30(32)33)7-8-22(18)29/h5-9,12,15-17,19,26H,4,10-11,13-14H2,1-3H3. The molecule has 0 atom stereocenters. The predicted octanol–water partition coefficient (Wildman–Crippen LogP) is 4.72. The number of nitrogens with zero attached hydrogens (tertiary/aromatic N) is 5. The summed E-state index contributed by atoms with van der Waals surface area (Å²) in [5, 5.41) is 15.2. The summed E-state index contributed by atoms with van der Waals surface area (Å²) < 4.78 is 1.58. The van der Waals surface area contributed by atoms with Gasteiger partial charge in [-0.25, -0.2) is 9.78 Å². The number of anilines is 2. The third-order valence-electron chi connectivity index (χ3n) is 6.11. The number of hydrogen-bond donors (Lipinski definition) is 1. The van der Waals surface area contributed by atoms with Crippen molar-refractivity contribution in [1.82, 2.24) is 14.5 Å². The van der Waals surface area contributed by atoms with Gasteiger partial charge in [-0.2, -0.15) is 0 Å². The van der Waals surface area contributed by atoms with Gasteiger partial charge in [0, 0.05) is 61.6 Å². The lowest BCUT2D eigenvalue weighted by Crippen LogP contribution is -2.48. The maximum absolute atomic E-state index is 13.2. The van der Waals surface area contributed by atoms with Crippen molar-refractivity contribution in [3.8, 4) is 0 Å². The molecule has 3 heterocycles. The molecule has 1 aromatic carbocycles. The van der Waals surface area contributed by atoms with Gasteiger partial charge in [0.05, 0.1) is 16.1 Å². The van der Waals surface area contributed by atoms with E-state index in [-0.39, 0.29) is 11.7 Å². The third-order valence-corrected chi connectivity index (χ3v) is 6.11. The van der Waals surface area contributed by atoms with Gasteiger partial charge < -0.3 is 15.1 Å². The quantitative estimate of drug-likeness (QED) is 0.431. The molecule has 1 aliphatic heterocycles. The molecule has 0 radical (unpaired) electrons. The number of non-ortho nitro benzene ring substituents is 1. The van der Waals surface area contributed by atoms with Crippen LogP contribution in [0.15, 0.2) is 48.8 Å². The highest BCUT2D eigenvalue weighted by molar-refractivity contribution is 5.92. The van der Waals surface area contributed by atoms with Crippen LogP contribution < -0.4 is 10.2 Å². The van der Waals surface area contributed by atoms with E-state index in [1.165, 1.54) is 12.1 Å². The average molecular weight is 451 g/mol. The first kappa shape index (κ1) is 22.6. The SMILES string of the molecule is CCN(c1ncccc1NC(C)C)C1CCN(C(=O)n2ccc3cc([N+](=O)[O-])ccc32)CC1. The van der Waals surface area contributed by atoms with Crippen LogP contribution in [0.3, 0.4) is 0 Å². The maximum Gasteiger partial charge on any atom is 0.328 e. The normalized spacial score (nSPS) is 14.6. The number of nitro benzene ring substituents is 1. The molecule has 1 N–H and O–H groups in total. The monoisotopic (exact) mass is 450 g/mol. The van der Waals surface area contributed by atoms with E-state index in [2.05, 4.69) is 42.0 Å². The van der Waals surface area contributed by atoms with E-state index in [0.717, 1.165) is 30.9 Å². The smallest absolute Gasteiger partial charge is 0.328 e. The van der Waals surface area contributed by atoms with Gasteiger partial charge >= 0.3 is 6.03 Å². The van der Waals surface area contributed by atoms with E-state index < -0.39 is 4.92 Å². The molecule has 9 heteroatoms. The summed E-state index contributed by atoms with van der Waals surface area (Å²) in [6.45, 7) is 8.49. The molecule has 1 aliphatic rings. The van der Waals surface area contributed by atoms with Crippen molar-refractivity contribution in [1.29, 1.82) is 0 Å². The molecule has 0 unspecified atom stereocenters. The van der Waals surface area contributed by atoms with Crippen molar-refractivity contribution in [3.05, 3.63) is 58.9 Å². The van der Waals surface area contributed by atoms with Crippen molar-refractivity contribution in [2.75, 3.05) is 29.9 Å². The second-order valence-electron chi connectivity index (χ2n) is 8.65. The molecule has 33 heavy (non-hydrogen) atoms. The first-order chi connectivity index (χ1) is 15.9. The Bertz CT molecular complexity index is 1150. The van der Waals surface area contributed by atoms with Gasteiger partial charge in [-0.15, -0.1) is 0 Å². The van der Waals surface area contributed by atoms with Crippen LogP contribution in [0.5, 0.6) is 0 Å². The number of hydrogen-bond acceptors (Lipinski definition) is 6. The maximum atomic E-state index is 13.2. The molecule has 2 aromatic heterocycles. The van der Waals surface area contributed by atoms with Crippen LogP contribution >= 0.6 is 0 Å². The number of likely N-dealkylation sites (tertiary alicyclic amines) is 1. The molecule has 4 rings (SSSR count). The topological polar surface area (TPSA) is 96.5 Å². The lowest BCUT2D eigenvalue weighted by molar-refractivity contribution is -0.384. The fraction of sp³-hybridized carbons (Fsp3) is 0.417. The summed E-state index contributed by atoms with van der Waals surface area (Å²) in [4.78, 5) is 32.7. The van der Waals surface area contributed by atoms with Gasteiger partial charge in [0.25, 0.3) is 5.69 Å². The van der Waals surface area contributed by atoms with Crippen LogP contribution in [0.4, 0.5) is 22.0 Å². The summed E-state index contributed by atoms with van der Waals surface area (Å²) >= 11 is 0. The van der Waals surface area contributed by atoms with Crippen LogP contribution in [0.2, 0.25) is 0 Å². The van der Waals surface area contributed by atoms with Gasteiger partial charge in [0.1, 0.15) is 0 Å². The molecular formula is C24H30N6O3. The number of amides is 1. The van der Waals surface area contributed by atoms with Crippen molar-refractivity contribution < 1.29 is 9.72 Å². The molecule has 9 nitrogen and oxygen atoms in total. The highest BCUT2D eigenvalue weighted by Crippen LogP contribution is 2.29. The number of benzene rings is 1. The first-order valence-electron chi connectivity index (χ1n) is 11.4. The number of aromatic nitrogens is 2. The average Bonchev–Trinajstić information content (AvgIpc) is 3.23. The van der Waals surface area contributed by atoms with Crippen LogP contribution in [-0.4, -0.2) is 57.1 Å². The van der Waals surface area contributed by atoms with Gasteiger partial charge in [0.2, 0.25) is 0 Å². The van der Waals surface area contributed by atoms with Crippen molar-refractivity contribution >= 4 is 34.1 Å². The molecule has 174 valence electrons. The fourth-order valence-corrected chi connectivity index (χ4v) is 4.56. The lowest BCUT2D eigenvalue weighted by atomic mass is 10.0. The van der Waals surface area contributed by atoms with Crippen LogP contribution in [0.1, 0.15) is 33.6 Å².